The first-order valence-electron chi connectivity index (χ1n) is 6.69. The van der Waals surface area contributed by atoms with Crippen molar-refractivity contribution < 1.29 is 13.6 Å². The maximum Gasteiger partial charge on any atom is 0.254 e. The molecule has 108 valence electrons. The molecule has 1 aromatic carbocycles. The van der Waals surface area contributed by atoms with E-state index in [1.54, 1.807) is 4.90 Å². The second-order valence-corrected chi connectivity index (χ2v) is 4.86. The molecule has 5 heteroatoms. The van der Waals surface area contributed by atoms with Crippen LogP contribution in [-0.2, 0) is 0 Å². The third-order valence-electron chi connectivity index (χ3n) is 3.43. The van der Waals surface area contributed by atoms with Crippen molar-refractivity contribution in [1.82, 2.24) is 9.80 Å². The van der Waals surface area contributed by atoms with E-state index in [0.29, 0.717) is 13.1 Å². The lowest BCUT2D eigenvalue weighted by Gasteiger charge is -2.21. The molecule has 0 spiro atoms. The van der Waals surface area contributed by atoms with E-state index in [0.717, 1.165) is 38.2 Å². The van der Waals surface area contributed by atoms with Gasteiger partial charge in [0, 0.05) is 38.3 Å². The van der Waals surface area contributed by atoms with Crippen molar-refractivity contribution in [2.24, 2.45) is 0 Å². The number of halogens is 2. The third-order valence-corrected chi connectivity index (χ3v) is 3.43. The van der Waals surface area contributed by atoms with Crippen LogP contribution in [0.1, 0.15) is 16.8 Å². The van der Waals surface area contributed by atoms with Crippen LogP contribution in [0.15, 0.2) is 30.9 Å². The molecule has 20 heavy (non-hydrogen) atoms. The summed E-state index contributed by atoms with van der Waals surface area (Å²) in [6, 6.07) is 3.28. The molecule has 1 fully saturated rings. The van der Waals surface area contributed by atoms with Gasteiger partial charge >= 0.3 is 0 Å². The average Bonchev–Trinajstić information content (AvgIpc) is 2.67. The maximum absolute atomic E-state index is 13.2. The molecule has 1 aliphatic heterocycles. The third kappa shape index (κ3) is 3.42. The minimum Gasteiger partial charge on any atom is -0.337 e. The molecular weight excluding hydrogens is 262 g/mol. The van der Waals surface area contributed by atoms with Crippen LogP contribution in [0.2, 0.25) is 0 Å². The molecule has 0 saturated carbocycles. The second kappa shape index (κ2) is 6.61. The van der Waals surface area contributed by atoms with Crippen molar-refractivity contribution in [3.63, 3.8) is 0 Å². The number of carbonyl (C=O) groups is 1. The van der Waals surface area contributed by atoms with E-state index in [1.165, 1.54) is 6.07 Å². The first-order chi connectivity index (χ1) is 9.61. The number of hydrogen-bond donors (Lipinski definition) is 0. The molecule has 3 nitrogen and oxygen atoms in total. The van der Waals surface area contributed by atoms with Gasteiger partial charge in [-0.15, -0.1) is 6.58 Å². The van der Waals surface area contributed by atoms with Crippen LogP contribution < -0.4 is 0 Å². The highest BCUT2D eigenvalue weighted by Crippen LogP contribution is 2.13. The zero-order valence-corrected chi connectivity index (χ0v) is 11.3. The van der Waals surface area contributed by atoms with E-state index in [9.17, 15) is 13.6 Å². The van der Waals surface area contributed by atoms with E-state index in [4.69, 9.17) is 0 Å². The highest BCUT2D eigenvalue weighted by Gasteiger charge is 2.20. The summed E-state index contributed by atoms with van der Waals surface area (Å²) in [5.41, 5.74) is 0.195. The number of hydrogen-bond acceptors (Lipinski definition) is 2. The molecule has 0 aliphatic carbocycles. The fourth-order valence-electron chi connectivity index (χ4n) is 2.35. The Hall–Kier alpha value is -1.75. The van der Waals surface area contributed by atoms with Crippen LogP contribution in [0.25, 0.3) is 0 Å². The Balaban J connectivity index is 2.05. The minimum absolute atomic E-state index is 0.195. The van der Waals surface area contributed by atoms with E-state index in [-0.39, 0.29) is 11.5 Å². The Morgan fingerprint density at radius 2 is 2.00 bits per heavy atom. The summed E-state index contributed by atoms with van der Waals surface area (Å²) in [5, 5.41) is 0. The topological polar surface area (TPSA) is 23.6 Å². The predicted octanol–water partition coefficient (Wildman–Crippen LogP) is 2.30. The summed E-state index contributed by atoms with van der Waals surface area (Å²) in [6.45, 7) is 7.40. The van der Waals surface area contributed by atoms with Crippen LogP contribution in [0.4, 0.5) is 8.78 Å². The molecule has 0 radical (unpaired) electrons. The van der Waals surface area contributed by atoms with Gasteiger partial charge in [-0.05, 0) is 24.6 Å². The van der Waals surface area contributed by atoms with Gasteiger partial charge in [-0.25, -0.2) is 8.78 Å². The Labute approximate surface area is 117 Å². The predicted molar refractivity (Wildman–Crippen MR) is 73.5 cm³/mol. The van der Waals surface area contributed by atoms with Crippen molar-refractivity contribution in [1.29, 1.82) is 0 Å². The van der Waals surface area contributed by atoms with Crippen molar-refractivity contribution in [3.8, 4) is 0 Å². The van der Waals surface area contributed by atoms with Gasteiger partial charge in [0.1, 0.15) is 0 Å². The van der Waals surface area contributed by atoms with Crippen molar-refractivity contribution >= 4 is 5.91 Å². The van der Waals surface area contributed by atoms with E-state index >= 15 is 0 Å². The molecule has 2 rings (SSSR count). The lowest BCUT2D eigenvalue weighted by atomic mass is 10.2. The largest absolute Gasteiger partial charge is 0.337 e. The lowest BCUT2D eigenvalue weighted by molar-refractivity contribution is 0.0761. The Kier molecular flexibility index (Phi) is 4.84. The summed E-state index contributed by atoms with van der Waals surface area (Å²) in [5.74, 6) is -2.17. The van der Waals surface area contributed by atoms with Crippen LogP contribution in [-0.4, -0.2) is 48.4 Å². The van der Waals surface area contributed by atoms with Gasteiger partial charge in [0.25, 0.3) is 5.91 Å². The summed E-state index contributed by atoms with van der Waals surface area (Å²) in [4.78, 5) is 16.2. The number of nitrogens with zero attached hydrogens (tertiary/aromatic N) is 2. The Bertz CT molecular complexity index is 505. The Morgan fingerprint density at radius 1 is 1.20 bits per heavy atom. The molecule has 1 aliphatic rings. The fraction of sp³-hybridized carbons (Fsp3) is 0.400. The molecule has 0 unspecified atom stereocenters. The van der Waals surface area contributed by atoms with Crippen molar-refractivity contribution in [2.45, 2.75) is 6.42 Å². The summed E-state index contributed by atoms with van der Waals surface area (Å²) >= 11 is 0. The smallest absolute Gasteiger partial charge is 0.254 e. The van der Waals surface area contributed by atoms with Gasteiger partial charge in [-0.1, -0.05) is 6.08 Å². The Morgan fingerprint density at radius 3 is 2.70 bits per heavy atom. The number of rotatable bonds is 3. The van der Waals surface area contributed by atoms with Crippen LogP contribution >= 0.6 is 0 Å². The molecule has 0 atom stereocenters. The van der Waals surface area contributed by atoms with Crippen LogP contribution in [0.3, 0.4) is 0 Å². The van der Waals surface area contributed by atoms with Crippen molar-refractivity contribution in [3.05, 3.63) is 48.1 Å². The molecule has 0 bridgehead atoms. The van der Waals surface area contributed by atoms with E-state index < -0.39 is 11.6 Å². The molecule has 1 saturated heterocycles. The fourth-order valence-corrected chi connectivity index (χ4v) is 2.35. The quantitative estimate of drug-likeness (QED) is 0.793. The van der Waals surface area contributed by atoms with Gasteiger partial charge in [-0.2, -0.15) is 0 Å². The minimum atomic E-state index is -0.987. The second-order valence-electron chi connectivity index (χ2n) is 4.86. The zero-order valence-electron chi connectivity index (χ0n) is 11.3. The first-order valence-corrected chi connectivity index (χ1v) is 6.69. The number of amides is 1. The maximum atomic E-state index is 13.2. The highest BCUT2D eigenvalue weighted by molar-refractivity contribution is 5.94. The van der Waals surface area contributed by atoms with Crippen LogP contribution in [0, 0.1) is 11.6 Å². The van der Waals surface area contributed by atoms with Gasteiger partial charge in [0.2, 0.25) is 0 Å². The summed E-state index contributed by atoms with van der Waals surface area (Å²) in [7, 11) is 0. The van der Waals surface area contributed by atoms with Gasteiger partial charge in [-0.3, -0.25) is 9.69 Å². The van der Waals surface area contributed by atoms with Crippen molar-refractivity contribution in [2.75, 3.05) is 32.7 Å². The normalized spacial score (nSPS) is 16.8. The zero-order chi connectivity index (χ0) is 14.5. The molecular formula is C15H18F2N2O. The molecule has 0 N–H and O–H groups in total. The molecule has 1 amide bonds. The lowest BCUT2D eigenvalue weighted by Crippen LogP contribution is -2.35. The average molecular weight is 280 g/mol. The number of benzene rings is 1. The van der Waals surface area contributed by atoms with Gasteiger partial charge < -0.3 is 4.90 Å². The molecule has 0 aromatic heterocycles. The summed E-state index contributed by atoms with van der Waals surface area (Å²) < 4.78 is 26.1. The van der Waals surface area contributed by atoms with E-state index in [1.807, 2.05) is 6.08 Å². The standard InChI is InChI=1S/C15H18F2N2O/c1-2-6-18-7-3-8-19(10-9-18)15(20)12-4-5-13(16)14(17)11-12/h2,4-5,11H,1,3,6-10H2. The van der Waals surface area contributed by atoms with Gasteiger partial charge in [0.15, 0.2) is 11.6 Å². The van der Waals surface area contributed by atoms with Gasteiger partial charge in [0.05, 0.1) is 0 Å². The summed E-state index contributed by atoms with van der Waals surface area (Å²) in [6.07, 6.45) is 2.70. The first kappa shape index (κ1) is 14.7. The monoisotopic (exact) mass is 280 g/mol. The molecule has 1 aromatic rings. The SMILES string of the molecule is C=CCN1CCCN(C(=O)c2ccc(F)c(F)c2)CC1. The highest BCUT2D eigenvalue weighted by atomic mass is 19.2. The molecule has 1 heterocycles. The van der Waals surface area contributed by atoms with E-state index in [2.05, 4.69) is 11.5 Å². The van der Waals surface area contributed by atoms with Crippen LogP contribution in [0.5, 0.6) is 0 Å². The number of carbonyl (C=O) groups excluding carboxylic acids is 1.